The van der Waals surface area contributed by atoms with Crippen LogP contribution in [0.1, 0.15) is 24.6 Å². The fourth-order valence-electron chi connectivity index (χ4n) is 1.06. The quantitative estimate of drug-likeness (QED) is 0.664. The molecule has 0 aliphatic heterocycles. The first-order valence-corrected chi connectivity index (χ1v) is 5.57. The fraction of sp³-hybridized carbons (Fsp3) is 0.429. The Hall–Kier alpha value is -0.770. The molecule has 1 aromatic rings. The van der Waals surface area contributed by atoms with Crippen LogP contribution in [0.5, 0.6) is 0 Å². The van der Waals surface area contributed by atoms with Crippen LogP contribution >= 0.6 is 7.60 Å². The van der Waals surface area contributed by atoms with Gasteiger partial charge in [-0.15, -0.1) is 0 Å². The van der Waals surface area contributed by atoms with E-state index in [0.717, 1.165) is 12.8 Å². The summed E-state index contributed by atoms with van der Waals surface area (Å²) in [6.45, 7) is 0. The Morgan fingerprint density at radius 2 is 2.15 bits per heavy atom. The van der Waals surface area contributed by atoms with Crippen molar-refractivity contribution >= 4 is 13.0 Å². The van der Waals surface area contributed by atoms with Gasteiger partial charge in [-0.25, -0.2) is 9.97 Å². The van der Waals surface area contributed by atoms with E-state index in [4.69, 9.17) is 9.79 Å². The maximum atomic E-state index is 10.8. The van der Waals surface area contributed by atoms with Crippen molar-refractivity contribution in [3.8, 4) is 0 Å². The number of hydrogen-bond donors (Lipinski definition) is 2. The first kappa shape index (κ1) is 8.81. The summed E-state index contributed by atoms with van der Waals surface area (Å²) < 4.78 is 10.8. The maximum absolute atomic E-state index is 10.8. The van der Waals surface area contributed by atoms with Gasteiger partial charge in [0.2, 0.25) is 0 Å². The molecule has 2 N–H and O–H groups in total. The van der Waals surface area contributed by atoms with Crippen molar-refractivity contribution in [3.63, 3.8) is 0 Å². The lowest BCUT2D eigenvalue weighted by molar-refractivity contribution is 0.386. The van der Waals surface area contributed by atoms with Gasteiger partial charge >= 0.3 is 7.60 Å². The molecule has 0 amide bonds. The molecule has 0 spiro atoms. The molecule has 0 aromatic carbocycles. The zero-order valence-corrected chi connectivity index (χ0v) is 7.69. The van der Waals surface area contributed by atoms with Crippen LogP contribution in [-0.4, -0.2) is 19.8 Å². The largest absolute Gasteiger partial charge is 0.374 e. The van der Waals surface area contributed by atoms with Gasteiger partial charge in [0.1, 0.15) is 5.82 Å². The van der Waals surface area contributed by atoms with Crippen molar-refractivity contribution < 1.29 is 14.4 Å². The van der Waals surface area contributed by atoms with E-state index in [1.54, 1.807) is 0 Å². The summed E-state index contributed by atoms with van der Waals surface area (Å²) in [5, 5.41) is 0. The van der Waals surface area contributed by atoms with E-state index in [1.807, 2.05) is 0 Å². The van der Waals surface area contributed by atoms with Gasteiger partial charge in [0.05, 0.1) is 0 Å². The molecule has 0 radical (unpaired) electrons. The molecule has 1 saturated carbocycles. The molecule has 0 saturated heterocycles. The molecular formula is C7H9N2O3P. The van der Waals surface area contributed by atoms with E-state index in [1.165, 1.54) is 12.3 Å². The molecule has 5 nitrogen and oxygen atoms in total. The lowest BCUT2D eigenvalue weighted by atomic mass is 10.4. The second-order valence-corrected chi connectivity index (χ2v) is 4.64. The summed E-state index contributed by atoms with van der Waals surface area (Å²) in [7, 11) is -4.21. The molecule has 1 heterocycles. The van der Waals surface area contributed by atoms with E-state index >= 15 is 0 Å². The lowest BCUT2D eigenvalue weighted by Crippen LogP contribution is -2.11. The molecule has 0 atom stereocenters. The van der Waals surface area contributed by atoms with Crippen LogP contribution in [0.3, 0.4) is 0 Å². The average Bonchev–Trinajstić information content (AvgIpc) is 2.85. The summed E-state index contributed by atoms with van der Waals surface area (Å²) in [5.74, 6) is 0.868. The first-order chi connectivity index (χ1) is 6.07. The molecule has 1 fully saturated rings. The van der Waals surface area contributed by atoms with Gasteiger partial charge in [0, 0.05) is 12.1 Å². The Morgan fingerprint density at radius 1 is 1.46 bits per heavy atom. The van der Waals surface area contributed by atoms with E-state index in [-0.39, 0.29) is 5.44 Å². The van der Waals surface area contributed by atoms with Crippen molar-refractivity contribution in [1.82, 2.24) is 9.97 Å². The van der Waals surface area contributed by atoms with Crippen molar-refractivity contribution in [1.29, 1.82) is 0 Å². The van der Waals surface area contributed by atoms with Crippen molar-refractivity contribution in [2.45, 2.75) is 18.8 Å². The molecule has 0 unspecified atom stereocenters. The molecule has 6 heteroatoms. The third-order valence-electron chi connectivity index (χ3n) is 1.90. The third-order valence-corrected chi connectivity index (χ3v) is 2.75. The summed E-state index contributed by atoms with van der Waals surface area (Å²) in [6.07, 6.45) is 3.43. The third kappa shape index (κ3) is 1.94. The second-order valence-electron chi connectivity index (χ2n) is 3.09. The maximum Gasteiger partial charge on any atom is 0.374 e. The Balaban J connectivity index is 2.37. The van der Waals surface area contributed by atoms with E-state index in [9.17, 15) is 4.57 Å². The first-order valence-electron chi connectivity index (χ1n) is 3.96. The summed E-state index contributed by atoms with van der Waals surface area (Å²) in [4.78, 5) is 25.5. The highest BCUT2D eigenvalue weighted by atomic mass is 31.2. The normalized spacial score (nSPS) is 17.4. The SMILES string of the molecule is O=P(O)(O)c1ccnc(C2CC2)n1. The Labute approximate surface area is 75.0 Å². The molecule has 2 rings (SSSR count). The zero-order valence-electron chi connectivity index (χ0n) is 6.79. The lowest BCUT2D eigenvalue weighted by Gasteiger charge is -2.03. The molecule has 13 heavy (non-hydrogen) atoms. The predicted molar refractivity (Wildman–Crippen MR) is 45.7 cm³/mol. The minimum absolute atomic E-state index is 0.176. The predicted octanol–water partition coefficient (Wildman–Crippen LogP) is 0.157. The number of hydrogen-bond acceptors (Lipinski definition) is 3. The van der Waals surface area contributed by atoms with Crippen LogP contribution < -0.4 is 5.44 Å². The monoisotopic (exact) mass is 200 g/mol. The number of rotatable bonds is 2. The highest BCUT2D eigenvalue weighted by Gasteiger charge is 2.28. The molecule has 1 aromatic heterocycles. The number of nitrogens with zero attached hydrogens (tertiary/aromatic N) is 2. The fourth-order valence-corrected chi connectivity index (χ4v) is 1.56. The van der Waals surface area contributed by atoms with Gasteiger partial charge in [-0.2, -0.15) is 0 Å². The summed E-state index contributed by atoms with van der Waals surface area (Å²) >= 11 is 0. The van der Waals surface area contributed by atoms with Gasteiger partial charge in [-0.1, -0.05) is 0 Å². The van der Waals surface area contributed by atoms with E-state index in [2.05, 4.69) is 9.97 Å². The van der Waals surface area contributed by atoms with Crippen molar-refractivity contribution in [2.75, 3.05) is 0 Å². The van der Waals surface area contributed by atoms with Crippen LogP contribution in [0.15, 0.2) is 12.3 Å². The highest BCUT2D eigenvalue weighted by Crippen LogP contribution is 2.38. The Kier molecular flexibility index (Phi) is 1.95. The molecule has 1 aliphatic rings. The number of aromatic nitrogens is 2. The smallest absolute Gasteiger partial charge is 0.320 e. The standard InChI is InChI=1S/C7H9N2O3P/c10-13(11,12)6-3-4-8-7(9-6)5-1-2-5/h3-5H,1-2H2,(H2,10,11,12). The van der Waals surface area contributed by atoms with Crippen LogP contribution in [0.4, 0.5) is 0 Å². The molecule has 0 bridgehead atoms. The average molecular weight is 200 g/mol. The summed E-state index contributed by atoms with van der Waals surface area (Å²) in [6, 6.07) is 1.26. The van der Waals surface area contributed by atoms with Gasteiger partial charge in [-0.3, -0.25) is 4.57 Å². The minimum atomic E-state index is -4.21. The zero-order chi connectivity index (χ0) is 9.47. The van der Waals surface area contributed by atoms with Gasteiger partial charge in [-0.05, 0) is 18.9 Å². The molecule has 1 aliphatic carbocycles. The minimum Gasteiger partial charge on any atom is -0.320 e. The second kappa shape index (κ2) is 2.87. The van der Waals surface area contributed by atoms with Crippen molar-refractivity contribution in [2.24, 2.45) is 0 Å². The summed E-state index contributed by atoms with van der Waals surface area (Å²) in [5.41, 5.74) is -0.176. The topological polar surface area (TPSA) is 83.3 Å². The van der Waals surface area contributed by atoms with E-state index in [0.29, 0.717) is 11.7 Å². The Morgan fingerprint density at radius 3 is 2.69 bits per heavy atom. The van der Waals surface area contributed by atoms with Gasteiger partial charge in [0.15, 0.2) is 5.44 Å². The Bertz CT molecular complexity index is 372. The van der Waals surface area contributed by atoms with Gasteiger partial charge in [0.25, 0.3) is 0 Å². The van der Waals surface area contributed by atoms with Crippen molar-refractivity contribution in [3.05, 3.63) is 18.1 Å². The van der Waals surface area contributed by atoms with E-state index < -0.39 is 7.60 Å². The van der Waals surface area contributed by atoms with Gasteiger partial charge < -0.3 is 9.79 Å². The van der Waals surface area contributed by atoms with Crippen LogP contribution in [-0.2, 0) is 4.57 Å². The molecular weight excluding hydrogens is 191 g/mol. The van der Waals surface area contributed by atoms with Crippen LogP contribution in [0, 0.1) is 0 Å². The van der Waals surface area contributed by atoms with Crippen LogP contribution in [0.25, 0.3) is 0 Å². The molecule has 70 valence electrons. The highest BCUT2D eigenvalue weighted by molar-refractivity contribution is 7.60. The van der Waals surface area contributed by atoms with Crippen LogP contribution in [0.2, 0.25) is 0 Å².